The lowest BCUT2D eigenvalue weighted by molar-refractivity contribution is 0.0989. The van der Waals surface area contributed by atoms with E-state index in [-0.39, 0.29) is 10.8 Å². The summed E-state index contributed by atoms with van der Waals surface area (Å²) < 4.78 is 28.6. The van der Waals surface area contributed by atoms with Crippen LogP contribution >= 0.6 is 0 Å². The third-order valence-electron chi connectivity index (χ3n) is 5.65. The molecular weight excluding hydrogens is 396 g/mol. The van der Waals surface area contributed by atoms with Crippen LogP contribution in [0.2, 0.25) is 0 Å². The zero-order chi connectivity index (χ0) is 21.5. The maximum atomic E-state index is 12.9. The summed E-state index contributed by atoms with van der Waals surface area (Å²) in [5, 5.41) is 0. The van der Waals surface area contributed by atoms with Gasteiger partial charge in [0.15, 0.2) is 0 Å². The van der Waals surface area contributed by atoms with Crippen molar-refractivity contribution in [2.45, 2.75) is 32.1 Å². The Labute approximate surface area is 177 Å². The van der Waals surface area contributed by atoms with Gasteiger partial charge in [-0.1, -0.05) is 29.8 Å². The first kappa shape index (κ1) is 20.2. The average molecular weight is 421 g/mol. The fraction of sp³-hybridized carbons (Fsp3) is 0.208. The van der Waals surface area contributed by atoms with Crippen molar-refractivity contribution in [1.29, 1.82) is 0 Å². The van der Waals surface area contributed by atoms with E-state index in [0.717, 1.165) is 27.9 Å². The van der Waals surface area contributed by atoms with Crippen LogP contribution in [0, 0.1) is 20.8 Å². The van der Waals surface area contributed by atoms with Crippen LogP contribution < -0.4 is 9.62 Å². The molecule has 1 amide bonds. The van der Waals surface area contributed by atoms with Crippen LogP contribution in [0.5, 0.6) is 0 Å². The molecule has 0 saturated carbocycles. The van der Waals surface area contributed by atoms with Crippen LogP contribution in [0.1, 0.15) is 32.6 Å². The zero-order valence-electron chi connectivity index (χ0n) is 17.3. The summed E-state index contributed by atoms with van der Waals surface area (Å²) in [6, 6.07) is 18.0. The van der Waals surface area contributed by atoms with E-state index in [1.165, 1.54) is 0 Å². The van der Waals surface area contributed by atoms with E-state index in [2.05, 4.69) is 4.72 Å². The van der Waals surface area contributed by atoms with Gasteiger partial charge < -0.3 is 4.90 Å². The second-order valence-corrected chi connectivity index (χ2v) is 9.40. The van der Waals surface area contributed by atoms with Crippen molar-refractivity contribution in [3.63, 3.8) is 0 Å². The highest BCUT2D eigenvalue weighted by Crippen LogP contribution is 2.32. The van der Waals surface area contributed by atoms with E-state index >= 15 is 0 Å². The first-order chi connectivity index (χ1) is 14.3. The Kier molecular flexibility index (Phi) is 5.12. The van der Waals surface area contributed by atoms with Crippen molar-refractivity contribution in [2.24, 2.45) is 0 Å². The van der Waals surface area contributed by atoms with Gasteiger partial charge in [0.25, 0.3) is 15.9 Å². The monoisotopic (exact) mass is 420 g/mol. The molecule has 154 valence electrons. The third-order valence-corrected chi connectivity index (χ3v) is 7.01. The highest BCUT2D eigenvalue weighted by Gasteiger charge is 2.27. The van der Waals surface area contributed by atoms with Crippen molar-refractivity contribution in [1.82, 2.24) is 0 Å². The minimum absolute atomic E-state index is 0.0714. The fourth-order valence-corrected chi connectivity index (χ4v) is 4.85. The van der Waals surface area contributed by atoms with Gasteiger partial charge in [0.2, 0.25) is 0 Å². The van der Waals surface area contributed by atoms with Gasteiger partial charge in [-0.25, -0.2) is 8.42 Å². The lowest BCUT2D eigenvalue weighted by Crippen LogP contribution is -2.28. The maximum absolute atomic E-state index is 12.9. The number of amides is 1. The first-order valence-electron chi connectivity index (χ1n) is 9.87. The third kappa shape index (κ3) is 3.71. The van der Waals surface area contributed by atoms with Crippen molar-refractivity contribution in [3.8, 4) is 0 Å². The number of carbonyl (C=O) groups is 1. The molecule has 1 N–H and O–H groups in total. The molecule has 1 aliphatic heterocycles. The second-order valence-electron chi connectivity index (χ2n) is 7.72. The Balaban J connectivity index is 1.61. The molecule has 0 fully saturated rings. The van der Waals surface area contributed by atoms with Gasteiger partial charge in [0.05, 0.1) is 10.6 Å². The molecule has 0 saturated heterocycles. The van der Waals surface area contributed by atoms with Crippen LogP contribution in [0.15, 0.2) is 65.6 Å². The largest absolute Gasteiger partial charge is 0.308 e. The molecule has 0 aromatic heterocycles. The lowest BCUT2D eigenvalue weighted by atomic mass is 10.1. The predicted octanol–water partition coefficient (Wildman–Crippen LogP) is 4.62. The number of aryl methyl sites for hydroxylation is 2. The number of fused-ring (bicyclic) bond motifs is 1. The summed E-state index contributed by atoms with van der Waals surface area (Å²) in [5.41, 5.74) is 5.85. The SMILES string of the molecule is Cc1ccc(C(=O)N2CCc3cc(S(=O)(=O)Nc4cccc(C)c4C)ccc32)cc1. The van der Waals surface area contributed by atoms with Crippen LogP contribution in [0.3, 0.4) is 0 Å². The smallest absolute Gasteiger partial charge is 0.261 e. The van der Waals surface area contributed by atoms with Crippen molar-refractivity contribution in [2.75, 3.05) is 16.2 Å². The molecule has 6 heteroatoms. The lowest BCUT2D eigenvalue weighted by Gasteiger charge is -2.18. The highest BCUT2D eigenvalue weighted by atomic mass is 32.2. The van der Waals surface area contributed by atoms with E-state index in [9.17, 15) is 13.2 Å². The number of benzene rings is 3. The van der Waals surface area contributed by atoms with Gasteiger partial charge in [0.1, 0.15) is 0 Å². The number of carbonyl (C=O) groups excluding carboxylic acids is 1. The molecule has 0 aliphatic carbocycles. The highest BCUT2D eigenvalue weighted by molar-refractivity contribution is 7.92. The van der Waals surface area contributed by atoms with E-state index in [1.807, 2.05) is 57.2 Å². The second kappa shape index (κ2) is 7.61. The minimum Gasteiger partial charge on any atom is -0.308 e. The molecule has 3 aromatic rings. The Hall–Kier alpha value is -3.12. The first-order valence-corrected chi connectivity index (χ1v) is 11.3. The number of sulfonamides is 1. The molecule has 4 rings (SSSR count). The number of anilines is 2. The molecular formula is C24H24N2O3S. The summed E-state index contributed by atoms with van der Waals surface area (Å²) in [4.78, 5) is 14.8. The number of nitrogens with zero attached hydrogens (tertiary/aromatic N) is 1. The fourth-order valence-electron chi connectivity index (χ4n) is 3.67. The Morgan fingerprint density at radius 3 is 2.43 bits per heavy atom. The van der Waals surface area contributed by atoms with Crippen LogP contribution in [-0.4, -0.2) is 20.9 Å². The zero-order valence-corrected chi connectivity index (χ0v) is 18.1. The number of hydrogen-bond acceptors (Lipinski definition) is 3. The van der Waals surface area contributed by atoms with Crippen LogP contribution in [0.25, 0.3) is 0 Å². The molecule has 1 heterocycles. The summed E-state index contributed by atoms with van der Waals surface area (Å²) in [6.45, 7) is 6.36. The van der Waals surface area contributed by atoms with Crippen molar-refractivity contribution < 1.29 is 13.2 Å². The average Bonchev–Trinajstić information content (AvgIpc) is 3.14. The molecule has 3 aromatic carbocycles. The standard InChI is InChI=1S/C24H24N2O3S/c1-16-7-9-19(10-8-16)24(27)26-14-13-20-15-21(11-12-23(20)26)30(28,29)25-22-6-4-5-17(2)18(22)3/h4-12,15,25H,13-14H2,1-3H3. The van der Waals surface area contributed by atoms with Gasteiger partial charge in [-0.2, -0.15) is 0 Å². The molecule has 0 radical (unpaired) electrons. The Morgan fingerprint density at radius 1 is 0.967 bits per heavy atom. The van der Waals surface area contributed by atoms with E-state index in [0.29, 0.717) is 24.2 Å². The summed E-state index contributed by atoms with van der Waals surface area (Å²) in [7, 11) is -3.72. The molecule has 0 spiro atoms. The van der Waals surface area contributed by atoms with E-state index in [4.69, 9.17) is 0 Å². The van der Waals surface area contributed by atoms with E-state index < -0.39 is 10.0 Å². The number of hydrogen-bond donors (Lipinski definition) is 1. The molecule has 5 nitrogen and oxygen atoms in total. The van der Waals surface area contributed by atoms with Gasteiger partial charge in [-0.05, 0) is 80.3 Å². The molecule has 0 bridgehead atoms. The number of nitrogens with one attached hydrogen (secondary N) is 1. The van der Waals surface area contributed by atoms with Gasteiger partial charge in [-0.15, -0.1) is 0 Å². The van der Waals surface area contributed by atoms with E-state index in [1.54, 1.807) is 29.2 Å². The molecule has 0 atom stereocenters. The van der Waals surface area contributed by atoms with Crippen LogP contribution in [0.4, 0.5) is 11.4 Å². The molecule has 0 unspecified atom stereocenters. The molecule has 1 aliphatic rings. The van der Waals surface area contributed by atoms with Gasteiger partial charge in [0, 0.05) is 17.8 Å². The van der Waals surface area contributed by atoms with Crippen molar-refractivity contribution >= 4 is 27.3 Å². The van der Waals surface area contributed by atoms with Crippen molar-refractivity contribution in [3.05, 3.63) is 88.5 Å². The Morgan fingerprint density at radius 2 is 1.70 bits per heavy atom. The topological polar surface area (TPSA) is 66.5 Å². The summed E-state index contributed by atoms with van der Waals surface area (Å²) in [5.74, 6) is -0.0714. The van der Waals surface area contributed by atoms with Gasteiger partial charge in [-0.3, -0.25) is 9.52 Å². The maximum Gasteiger partial charge on any atom is 0.261 e. The quantitative estimate of drug-likeness (QED) is 0.670. The van der Waals surface area contributed by atoms with Crippen LogP contribution in [-0.2, 0) is 16.4 Å². The summed E-state index contributed by atoms with van der Waals surface area (Å²) in [6.07, 6.45) is 0.625. The number of rotatable bonds is 4. The molecule has 30 heavy (non-hydrogen) atoms. The summed E-state index contributed by atoms with van der Waals surface area (Å²) >= 11 is 0. The Bertz CT molecular complexity index is 1230. The normalized spacial score (nSPS) is 13.2. The minimum atomic E-state index is -3.72. The van der Waals surface area contributed by atoms with Gasteiger partial charge >= 0.3 is 0 Å². The predicted molar refractivity (Wildman–Crippen MR) is 120 cm³/mol.